The number of aromatic amines is 1. The molecule has 2 aromatic rings. The topological polar surface area (TPSA) is 86.3 Å². The fraction of sp³-hybridized carbons (Fsp3) is 0.308. The summed E-state index contributed by atoms with van der Waals surface area (Å²) < 4.78 is 0. The number of aromatic nitrogens is 2. The molecule has 6 nitrogen and oxygen atoms in total. The molecule has 0 aromatic carbocycles. The van der Waals surface area contributed by atoms with Gasteiger partial charge in [0.05, 0.1) is 11.7 Å². The number of rotatable bonds is 2. The molecular formula is C13H13N3O3S. The van der Waals surface area contributed by atoms with Crippen LogP contribution < -0.4 is 5.56 Å². The average molecular weight is 291 g/mol. The predicted octanol–water partition coefficient (Wildman–Crippen LogP) is 2.31. The second kappa shape index (κ2) is 5.09. The molecule has 20 heavy (non-hydrogen) atoms. The first-order chi connectivity index (χ1) is 9.65. The van der Waals surface area contributed by atoms with E-state index < -0.39 is 6.09 Å². The number of thiazole rings is 1. The number of pyridine rings is 1. The average Bonchev–Trinajstić information content (AvgIpc) is 3.07. The van der Waals surface area contributed by atoms with Crippen LogP contribution in [-0.4, -0.2) is 32.6 Å². The number of hydrogen-bond acceptors (Lipinski definition) is 4. The van der Waals surface area contributed by atoms with E-state index in [0.29, 0.717) is 12.2 Å². The zero-order valence-corrected chi connectivity index (χ0v) is 11.4. The molecule has 1 aliphatic heterocycles. The molecule has 1 amide bonds. The smallest absolute Gasteiger partial charge is 0.407 e. The molecule has 0 bridgehead atoms. The Hall–Kier alpha value is -2.15. The number of nitrogens with one attached hydrogen (secondary N) is 1. The molecule has 3 heterocycles. The van der Waals surface area contributed by atoms with Crippen LogP contribution in [0.5, 0.6) is 0 Å². The number of H-pyrrole nitrogens is 1. The van der Waals surface area contributed by atoms with E-state index in [4.69, 9.17) is 5.11 Å². The molecule has 1 saturated heterocycles. The minimum absolute atomic E-state index is 0.159. The van der Waals surface area contributed by atoms with Crippen LogP contribution in [-0.2, 0) is 0 Å². The van der Waals surface area contributed by atoms with Crippen LogP contribution in [0.4, 0.5) is 4.79 Å². The van der Waals surface area contributed by atoms with Gasteiger partial charge in [-0.1, -0.05) is 0 Å². The maximum Gasteiger partial charge on any atom is 0.407 e. The minimum atomic E-state index is -0.902. The van der Waals surface area contributed by atoms with Crippen LogP contribution in [0.3, 0.4) is 0 Å². The van der Waals surface area contributed by atoms with Gasteiger partial charge in [-0.25, -0.2) is 9.78 Å². The first-order valence-corrected chi connectivity index (χ1v) is 7.17. The number of carbonyl (C=O) groups is 1. The first-order valence-electron chi connectivity index (χ1n) is 6.29. The molecule has 7 heteroatoms. The van der Waals surface area contributed by atoms with Crippen molar-refractivity contribution in [1.29, 1.82) is 0 Å². The van der Waals surface area contributed by atoms with Crippen LogP contribution in [0, 0.1) is 0 Å². The summed E-state index contributed by atoms with van der Waals surface area (Å²) in [5.41, 5.74) is 1.29. The van der Waals surface area contributed by atoms with E-state index >= 15 is 0 Å². The van der Waals surface area contributed by atoms with Crippen molar-refractivity contribution in [1.82, 2.24) is 14.9 Å². The van der Waals surface area contributed by atoms with Crippen LogP contribution in [0.15, 0.2) is 28.5 Å². The third-order valence-electron chi connectivity index (χ3n) is 3.38. The summed E-state index contributed by atoms with van der Waals surface area (Å²) in [7, 11) is 0. The van der Waals surface area contributed by atoms with Gasteiger partial charge in [-0.15, -0.1) is 11.3 Å². The summed E-state index contributed by atoms with van der Waals surface area (Å²) in [6.45, 7) is 0.555. The summed E-state index contributed by atoms with van der Waals surface area (Å²) in [5, 5.41) is 11.8. The van der Waals surface area contributed by atoms with E-state index in [1.807, 2.05) is 5.38 Å². The molecule has 0 spiro atoms. The minimum Gasteiger partial charge on any atom is -0.465 e. The Morgan fingerprint density at radius 2 is 2.40 bits per heavy atom. The van der Waals surface area contributed by atoms with Gasteiger partial charge >= 0.3 is 6.09 Å². The van der Waals surface area contributed by atoms with Crippen LogP contribution in [0.1, 0.15) is 23.9 Å². The van der Waals surface area contributed by atoms with E-state index in [9.17, 15) is 9.59 Å². The highest BCUT2D eigenvalue weighted by molar-refractivity contribution is 7.10. The highest BCUT2D eigenvalue weighted by Crippen LogP contribution is 2.35. The third-order valence-corrected chi connectivity index (χ3v) is 4.32. The maximum absolute atomic E-state index is 11.3. The lowest BCUT2D eigenvalue weighted by Crippen LogP contribution is -2.28. The van der Waals surface area contributed by atoms with Crippen molar-refractivity contribution in [2.24, 2.45) is 0 Å². The molecule has 1 atom stereocenters. The van der Waals surface area contributed by atoms with Crippen molar-refractivity contribution in [3.63, 3.8) is 0 Å². The van der Waals surface area contributed by atoms with Crippen molar-refractivity contribution >= 4 is 17.4 Å². The van der Waals surface area contributed by atoms with Crippen molar-refractivity contribution in [2.75, 3.05) is 6.54 Å². The van der Waals surface area contributed by atoms with Crippen molar-refractivity contribution in [3.8, 4) is 11.3 Å². The van der Waals surface area contributed by atoms with E-state index in [2.05, 4.69) is 9.97 Å². The summed E-state index contributed by atoms with van der Waals surface area (Å²) in [5.74, 6) is 0. The first kappa shape index (κ1) is 12.9. The molecular weight excluding hydrogens is 278 g/mol. The highest BCUT2D eigenvalue weighted by Gasteiger charge is 2.31. The van der Waals surface area contributed by atoms with Gasteiger partial charge in [-0.05, 0) is 18.9 Å². The number of amides is 1. The molecule has 104 valence electrons. The van der Waals surface area contributed by atoms with E-state index in [-0.39, 0.29) is 11.6 Å². The van der Waals surface area contributed by atoms with Gasteiger partial charge in [0.15, 0.2) is 0 Å². The van der Waals surface area contributed by atoms with Gasteiger partial charge in [0.25, 0.3) is 0 Å². The Labute approximate surface area is 118 Å². The van der Waals surface area contributed by atoms with Crippen molar-refractivity contribution in [2.45, 2.75) is 18.9 Å². The lowest BCUT2D eigenvalue weighted by atomic mass is 10.2. The zero-order chi connectivity index (χ0) is 14.1. The molecule has 2 N–H and O–H groups in total. The van der Waals surface area contributed by atoms with Crippen molar-refractivity contribution < 1.29 is 9.90 Å². The second-order valence-corrected chi connectivity index (χ2v) is 5.54. The Bertz CT molecular complexity index is 694. The largest absolute Gasteiger partial charge is 0.465 e. The fourth-order valence-electron chi connectivity index (χ4n) is 2.43. The summed E-state index contributed by atoms with van der Waals surface area (Å²) in [4.78, 5) is 31.0. The molecule has 2 aromatic heterocycles. The van der Waals surface area contributed by atoms with Gasteiger partial charge in [0.1, 0.15) is 5.01 Å². The number of hydrogen-bond donors (Lipinski definition) is 2. The monoisotopic (exact) mass is 291 g/mol. The quantitative estimate of drug-likeness (QED) is 0.889. The van der Waals surface area contributed by atoms with Crippen molar-refractivity contribution in [3.05, 3.63) is 39.1 Å². The van der Waals surface area contributed by atoms with Gasteiger partial charge in [0.2, 0.25) is 5.56 Å². The lowest BCUT2D eigenvalue weighted by molar-refractivity contribution is 0.140. The summed E-state index contributed by atoms with van der Waals surface area (Å²) >= 11 is 1.44. The van der Waals surface area contributed by atoms with Gasteiger partial charge in [-0.2, -0.15) is 0 Å². The lowest BCUT2D eigenvalue weighted by Gasteiger charge is -2.18. The van der Waals surface area contributed by atoms with Crippen LogP contribution in [0.2, 0.25) is 0 Å². The van der Waals surface area contributed by atoms with E-state index in [1.54, 1.807) is 12.3 Å². The Balaban J connectivity index is 1.90. The number of carboxylic acid groups (broad SMARTS) is 1. The summed E-state index contributed by atoms with van der Waals surface area (Å²) in [6, 6.07) is 3.11. The second-order valence-electron chi connectivity index (χ2n) is 4.65. The van der Waals surface area contributed by atoms with Crippen LogP contribution in [0.25, 0.3) is 11.3 Å². The van der Waals surface area contributed by atoms with Gasteiger partial charge in [-0.3, -0.25) is 9.69 Å². The molecule has 0 saturated carbocycles. The maximum atomic E-state index is 11.3. The third kappa shape index (κ3) is 2.32. The van der Waals surface area contributed by atoms with E-state index in [0.717, 1.165) is 23.4 Å². The Morgan fingerprint density at radius 1 is 1.55 bits per heavy atom. The summed E-state index contributed by atoms with van der Waals surface area (Å²) in [6.07, 6.45) is 2.34. The predicted molar refractivity (Wildman–Crippen MR) is 74.9 cm³/mol. The fourth-order valence-corrected chi connectivity index (χ4v) is 3.40. The van der Waals surface area contributed by atoms with Gasteiger partial charge < -0.3 is 10.1 Å². The van der Waals surface area contributed by atoms with Crippen LogP contribution >= 0.6 is 11.3 Å². The number of likely N-dealkylation sites (tertiary alicyclic amines) is 1. The van der Waals surface area contributed by atoms with Gasteiger partial charge in [0, 0.05) is 29.8 Å². The zero-order valence-electron chi connectivity index (χ0n) is 10.6. The Kier molecular flexibility index (Phi) is 3.27. The van der Waals surface area contributed by atoms with E-state index in [1.165, 1.54) is 22.3 Å². The highest BCUT2D eigenvalue weighted by atomic mass is 32.1. The molecule has 3 rings (SSSR count). The molecule has 1 fully saturated rings. The molecule has 0 radical (unpaired) electrons. The standard InChI is InChI=1S/C13H13N3O3S/c17-11-6-8(3-4-14-11)9-7-20-12(15-9)10-2-1-5-16(10)13(18)19/h3-4,6-7,10H,1-2,5H2,(H,14,17)(H,18,19). The number of nitrogens with zero attached hydrogens (tertiary/aromatic N) is 2. The SMILES string of the molecule is O=C(O)N1CCCC1c1nc(-c2cc[nH]c(=O)c2)cs1. The molecule has 0 aliphatic carbocycles. The normalized spacial score (nSPS) is 18.4. The molecule has 1 unspecified atom stereocenters. The Morgan fingerprint density at radius 3 is 3.15 bits per heavy atom. The molecule has 1 aliphatic rings.